The lowest BCUT2D eigenvalue weighted by atomic mass is 9.86. The standard InChI is InChI=1S/C16H32N2O/c1-5-10-17-15-14(8-9-16(15,2)3)18(4)12-13-7-6-11-19-13/h13-15,17H,5-12H2,1-4H3. The highest BCUT2D eigenvalue weighted by Crippen LogP contribution is 2.39. The van der Waals surface area contributed by atoms with E-state index in [1.54, 1.807) is 0 Å². The highest BCUT2D eigenvalue weighted by molar-refractivity contribution is 5.00. The van der Waals surface area contributed by atoms with Crippen LogP contribution in [0.2, 0.25) is 0 Å². The van der Waals surface area contributed by atoms with Crippen LogP contribution >= 0.6 is 0 Å². The summed E-state index contributed by atoms with van der Waals surface area (Å²) in [6.07, 6.45) is 6.82. The molecule has 0 amide bonds. The van der Waals surface area contributed by atoms with Crippen molar-refractivity contribution in [2.45, 2.75) is 71.1 Å². The fourth-order valence-corrected chi connectivity index (χ4v) is 3.79. The first-order valence-corrected chi connectivity index (χ1v) is 8.10. The second-order valence-electron chi connectivity index (χ2n) is 7.10. The molecule has 0 radical (unpaired) electrons. The van der Waals surface area contributed by atoms with E-state index in [1.807, 2.05) is 0 Å². The van der Waals surface area contributed by atoms with E-state index < -0.39 is 0 Å². The first-order valence-electron chi connectivity index (χ1n) is 8.10. The van der Waals surface area contributed by atoms with Crippen LogP contribution in [0.3, 0.4) is 0 Å². The lowest BCUT2D eigenvalue weighted by molar-refractivity contribution is 0.0600. The SMILES string of the molecule is CCCNC1C(N(C)CC2CCCO2)CCC1(C)C. The van der Waals surface area contributed by atoms with Gasteiger partial charge in [0.1, 0.15) is 0 Å². The molecular weight excluding hydrogens is 236 g/mol. The summed E-state index contributed by atoms with van der Waals surface area (Å²) in [5.41, 5.74) is 0.421. The van der Waals surface area contributed by atoms with Gasteiger partial charge in [0.25, 0.3) is 0 Å². The molecule has 3 atom stereocenters. The summed E-state index contributed by atoms with van der Waals surface area (Å²) in [5.74, 6) is 0. The Kier molecular flexibility index (Phi) is 5.27. The maximum atomic E-state index is 5.79. The van der Waals surface area contributed by atoms with Crippen LogP contribution in [-0.4, -0.2) is 49.8 Å². The van der Waals surface area contributed by atoms with Crippen LogP contribution in [0.25, 0.3) is 0 Å². The zero-order valence-corrected chi connectivity index (χ0v) is 13.2. The number of nitrogens with one attached hydrogen (secondary N) is 1. The molecule has 2 rings (SSSR count). The van der Waals surface area contributed by atoms with Crippen LogP contribution in [0.4, 0.5) is 0 Å². The van der Waals surface area contributed by atoms with Crippen molar-refractivity contribution in [2.75, 3.05) is 26.7 Å². The Hall–Kier alpha value is -0.120. The van der Waals surface area contributed by atoms with Crippen molar-refractivity contribution < 1.29 is 4.74 Å². The normalized spacial score (nSPS) is 34.3. The molecule has 1 N–H and O–H groups in total. The minimum atomic E-state index is 0.421. The third-order valence-corrected chi connectivity index (χ3v) is 5.01. The number of hydrogen-bond donors (Lipinski definition) is 1. The second kappa shape index (κ2) is 6.55. The number of ether oxygens (including phenoxy) is 1. The summed E-state index contributed by atoms with van der Waals surface area (Å²) in [6, 6.07) is 1.30. The van der Waals surface area contributed by atoms with Gasteiger partial charge in [-0.1, -0.05) is 20.8 Å². The molecule has 0 aromatic rings. The molecule has 3 unspecified atom stereocenters. The molecular formula is C16H32N2O. The van der Waals surface area contributed by atoms with Crippen molar-refractivity contribution in [2.24, 2.45) is 5.41 Å². The zero-order chi connectivity index (χ0) is 13.9. The maximum Gasteiger partial charge on any atom is 0.0702 e. The average molecular weight is 268 g/mol. The topological polar surface area (TPSA) is 24.5 Å². The lowest BCUT2D eigenvalue weighted by Crippen LogP contribution is -2.52. The third-order valence-electron chi connectivity index (χ3n) is 5.01. The Morgan fingerprint density at radius 2 is 2.11 bits per heavy atom. The van der Waals surface area contributed by atoms with Gasteiger partial charge >= 0.3 is 0 Å². The van der Waals surface area contributed by atoms with E-state index >= 15 is 0 Å². The molecule has 0 aromatic heterocycles. The van der Waals surface area contributed by atoms with Gasteiger partial charge in [0.15, 0.2) is 0 Å². The number of hydrogen-bond acceptors (Lipinski definition) is 3. The summed E-state index contributed by atoms with van der Waals surface area (Å²) in [5, 5.41) is 3.79. The summed E-state index contributed by atoms with van der Waals surface area (Å²) in [6.45, 7) is 10.3. The smallest absolute Gasteiger partial charge is 0.0702 e. The number of likely N-dealkylation sites (N-methyl/N-ethyl adjacent to an activating group) is 1. The van der Waals surface area contributed by atoms with E-state index in [1.165, 1.54) is 32.1 Å². The number of rotatable bonds is 6. The minimum Gasteiger partial charge on any atom is -0.377 e. The predicted molar refractivity (Wildman–Crippen MR) is 80.5 cm³/mol. The summed E-state index contributed by atoms with van der Waals surface area (Å²) < 4.78 is 5.79. The van der Waals surface area contributed by atoms with Gasteiger partial charge in [-0.2, -0.15) is 0 Å². The van der Waals surface area contributed by atoms with E-state index in [0.29, 0.717) is 23.6 Å². The molecule has 0 bridgehead atoms. The van der Waals surface area contributed by atoms with Crippen molar-refractivity contribution >= 4 is 0 Å². The molecule has 1 aliphatic carbocycles. The van der Waals surface area contributed by atoms with Crippen molar-refractivity contribution in [3.05, 3.63) is 0 Å². The van der Waals surface area contributed by atoms with Crippen molar-refractivity contribution in [1.29, 1.82) is 0 Å². The summed E-state index contributed by atoms with van der Waals surface area (Å²) in [4.78, 5) is 2.55. The van der Waals surface area contributed by atoms with Gasteiger partial charge in [0.05, 0.1) is 6.10 Å². The average Bonchev–Trinajstić information content (AvgIpc) is 2.94. The Labute approximate surface area is 119 Å². The van der Waals surface area contributed by atoms with E-state index in [2.05, 4.69) is 38.0 Å². The Balaban J connectivity index is 1.92. The molecule has 0 aromatic carbocycles. The van der Waals surface area contributed by atoms with Crippen LogP contribution in [0, 0.1) is 5.41 Å². The van der Waals surface area contributed by atoms with Crippen LogP contribution in [0.15, 0.2) is 0 Å². The zero-order valence-electron chi connectivity index (χ0n) is 13.2. The molecule has 1 saturated carbocycles. The molecule has 3 nitrogen and oxygen atoms in total. The second-order valence-corrected chi connectivity index (χ2v) is 7.10. The van der Waals surface area contributed by atoms with Gasteiger partial charge in [-0.05, 0) is 51.1 Å². The summed E-state index contributed by atoms with van der Waals surface area (Å²) >= 11 is 0. The molecule has 112 valence electrons. The van der Waals surface area contributed by atoms with Gasteiger partial charge < -0.3 is 10.1 Å². The maximum absolute atomic E-state index is 5.79. The Morgan fingerprint density at radius 3 is 2.74 bits per heavy atom. The molecule has 1 aliphatic heterocycles. The van der Waals surface area contributed by atoms with E-state index in [0.717, 1.165) is 19.7 Å². The minimum absolute atomic E-state index is 0.421. The van der Waals surface area contributed by atoms with Gasteiger partial charge in [0, 0.05) is 25.2 Å². The highest BCUT2D eigenvalue weighted by Gasteiger charge is 2.43. The fourth-order valence-electron chi connectivity index (χ4n) is 3.79. The van der Waals surface area contributed by atoms with Gasteiger partial charge in [-0.3, -0.25) is 4.90 Å². The Bertz CT molecular complexity index is 274. The molecule has 1 saturated heterocycles. The number of nitrogens with zero attached hydrogens (tertiary/aromatic N) is 1. The molecule has 2 fully saturated rings. The predicted octanol–water partition coefficient (Wildman–Crippen LogP) is 2.65. The van der Waals surface area contributed by atoms with Gasteiger partial charge in [0.2, 0.25) is 0 Å². The van der Waals surface area contributed by atoms with Crippen LogP contribution in [0.5, 0.6) is 0 Å². The Morgan fingerprint density at radius 1 is 1.32 bits per heavy atom. The first-order chi connectivity index (χ1) is 9.04. The monoisotopic (exact) mass is 268 g/mol. The first kappa shape index (κ1) is 15.3. The fraction of sp³-hybridized carbons (Fsp3) is 1.00. The third kappa shape index (κ3) is 3.71. The molecule has 19 heavy (non-hydrogen) atoms. The highest BCUT2D eigenvalue weighted by atomic mass is 16.5. The molecule has 0 spiro atoms. The lowest BCUT2D eigenvalue weighted by Gasteiger charge is -2.37. The van der Waals surface area contributed by atoms with Crippen LogP contribution < -0.4 is 5.32 Å². The van der Waals surface area contributed by atoms with Crippen molar-refractivity contribution in [1.82, 2.24) is 10.2 Å². The molecule has 2 aliphatic rings. The summed E-state index contributed by atoms with van der Waals surface area (Å²) in [7, 11) is 2.29. The molecule has 1 heterocycles. The molecule has 3 heteroatoms. The van der Waals surface area contributed by atoms with Crippen LogP contribution in [0.1, 0.15) is 52.9 Å². The largest absolute Gasteiger partial charge is 0.377 e. The quantitative estimate of drug-likeness (QED) is 0.801. The van der Waals surface area contributed by atoms with E-state index in [9.17, 15) is 0 Å². The van der Waals surface area contributed by atoms with Crippen LogP contribution in [-0.2, 0) is 4.74 Å². The van der Waals surface area contributed by atoms with E-state index in [-0.39, 0.29) is 0 Å². The van der Waals surface area contributed by atoms with Crippen molar-refractivity contribution in [3.8, 4) is 0 Å². The van der Waals surface area contributed by atoms with Gasteiger partial charge in [-0.25, -0.2) is 0 Å². The van der Waals surface area contributed by atoms with E-state index in [4.69, 9.17) is 4.74 Å². The van der Waals surface area contributed by atoms with Crippen molar-refractivity contribution in [3.63, 3.8) is 0 Å². The van der Waals surface area contributed by atoms with Gasteiger partial charge in [-0.15, -0.1) is 0 Å².